The number of halogens is 2. The maximum absolute atomic E-state index is 5.80. The van der Waals surface area contributed by atoms with Crippen LogP contribution in [0.15, 0.2) is 51.4 Å². The van der Waals surface area contributed by atoms with Crippen LogP contribution in [0.4, 0.5) is 0 Å². The maximum atomic E-state index is 5.80. The zero-order valence-electron chi connectivity index (χ0n) is 9.86. The van der Waals surface area contributed by atoms with Gasteiger partial charge in [-0.25, -0.2) is 0 Å². The minimum Gasteiger partial charge on any atom is -0.456 e. The molecule has 2 aromatic carbocycles. The Bertz CT molecular complexity index is 538. The molecule has 18 heavy (non-hydrogen) atoms. The predicted octanol–water partition coefficient (Wildman–Crippen LogP) is 5.02. The van der Waals surface area contributed by atoms with Gasteiger partial charge < -0.3 is 10.5 Å². The first-order valence-corrected chi connectivity index (χ1v) is 7.13. The second-order valence-electron chi connectivity index (χ2n) is 4.03. The van der Waals surface area contributed by atoms with Gasteiger partial charge in [-0.2, -0.15) is 0 Å². The molecule has 0 bridgehead atoms. The van der Waals surface area contributed by atoms with Gasteiger partial charge in [-0.15, -0.1) is 0 Å². The van der Waals surface area contributed by atoms with E-state index in [0.29, 0.717) is 0 Å². The minimum absolute atomic E-state index is 0.0402. The van der Waals surface area contributed by atoms with Gasteiger partial charge >= 0.3 is 0 Å². The lowest BCUT2D eigenvalue weighted by Gasteiger charge is -2.10. The van der Waals surface area contributed by atoms with E-state index in [1.165, 1.54) is 0 Å². The molecule has 0 saturated heterocycles. The molecular weight excluding hydrogens is 358 g/mol. The number of ether oxygens (including phenoxy) is 1. The fraction of sp³-hybridized carbons (Fsp3) is 0.143. The summed E-state index contributed by atoms with van der Waals surface area (Å²) < 4.78 is 7.71. The third-order valence-electron chi connectivity index (χ3n) is 2.53. The lowest BCUT2D eigenvalue weighted by Crippen LogP contribution is -2.04. The Morgan fingerprint density at radius 2 is 1.72 bits per heavy atom. The summed E-state index contributed by atoms with van der Waals surface area (Å²) >= 11 is 6.87. The van der Waals surface area contributed by atoms with Gasteiger partial charge in [-0.1, -0.05) is 28.1 Å². The molecule has 0 spiro atoms. The van der Waals surface area contributed by atoms with E-state index in [1.54, 1.807) is 0 Å². The van der Waals surface area contributed by atoms with Crippen molar-refractivity contribution in [1.82, 2.24) is 0 Å². The highest BCUT2D eigenvalue weighted by molar-refractivity contribution is 9.11. The van der Waals surface area contributed by atoms with Crippen molar-refractivity contribution in [3.05, 3.63) is 57.0 Å². The van der Waals surface area contributed by atoms with E-state index >= 15 is 0 Å². The third kappa shape index (κ3) is 3.34. The lowest BCUT2D eigenvalue weighted by molar-refractivity contribution is 0.479. The summed E-state index contributed by atoms with van der Waals surface area (Å²) in [6.07, 6.45) is 0. The van der Waals surface area contributed by atoms with Gasteiger partial charge in [0.05, 0.1) is 4.47 Å². The largest absolute Gasteiger partial charge is 0.456 e. The Labute approximate surface area is 123 Å². The highest BCUT2D eigenvalue weighted by atomic mass is 79.9. The van der Waals surface area contributed by atoms with Crippen LogP contribution in [0.2, 0.25) is 0 Å². The fourth-order valence-electron chi connectivity index (χ4n) is 1.52. The molecule has 1 unspecified atom stereocenters. The lowest BCUT2D eigenvalue weighted by atomic mass is 10.1. The zero-order valence-corrected chi connectivity index (χ0v) is 13.0. The Hall–Kier alpha value is -0.840. The Morgan fingerprint density at radius 3 is 2.28 bits per heavy atom. The van der Waals surface area contributed by atoms with Crippen molar-refractivity contribution < 1.29 is 4.74 Å². The zero-order chi connectivity index (χ0) is 13.1. The molecule has 0 heterocycles. The second-order valence-corrected chi connectivity index (χ2v) is 5.80. The number of benzene rings is 2. The Balaban J connectivity index is 2.18. The molecule has 0 radical (unpaired) electrons. The predicted molar refractivity (Wildman–Crippen MR) is 81.0 cm³/mol. The van der Waals surface area contributed by atoms with Crippen LogP contribution in [-0.4, -0.2) is 0 Å². The monoisotopic (exact) mass is 369 g/mol. The molecule has 0 amide bonds. The molecule has 2 aromatic rings. The van der Waals surface area contributed by atoms with E-state index in [0.717, 1.165) is 26.0 Å². The highest BCUT2D eigenvalue weighted by Gasteiger charge is 2.04. The van der Waals surface area contributed by atoms with Gasteiger partial charge in [0, 0.05) is 10.5 Å². The molecule has 2 rings (SSSR count). The first kappa shape index (κ1) is 13.6. The van der Waals surface area contributed by atoms with Gasteiger partial charge in [0.2, 0.25) is 0 Å². The Morgan fingerprint density at radius 1 is 1.06 bits per heavy atom. The quantitative estimate of drug-likeness (QED) is 0.822. The standard InChI is InChI=1S/C14H13Br2NO/c1-9(17)10-2-5-12(6-3-10)18-14-7-4-11(15)8-13(14)16/h2-9H,17H2,1H3. The van der Waals surface area contributed by atoms with Crippen LogP contribution in [0.3, 0.4) is 0 Å². The van der Waals surface area contributed by atoms with Crippen LogP contribution in [0, 0.1) is 0 Å². The van der Waals surface area contributed by atoms with Crippen molar-refractivity contribution in [3.8, 4) is 11.5 Å². The first-order valence-electron chi connectivity index (χ1n) is 5.54. The molecule has 2 N–H and O–H groups in total. The van der Waals surface area contributed by atoms with Gasteiger partial charge in [-0.05, 0) is 58.7 Å². The minimum atomic E-state index is 0.0402. The van der Waals surface area contributed by atoms with Gasteiger partial charge in [0.15, 0.2) is 0 Å². The molecule has 0 aromatic heterocycles. The van der Waals surface area contributed by atoms with Crippen LogP contribution in [0.25, 0.3) is 0 Å². The summed E-state index contributed by atoms with van der Waals surface area (Å²) in [6.45, 7) is 1.96. The summed E-state index contributed by atoms with van der Waals surface area (Å²) in [7, 11) is 0. The van der Waals surface area contributed by atoms with Crippen LogP contribution >= 0.6 is 31.9 Å². The second kappa shape index (κ2) is 5.87. The highest BCUT2D eigenvalue weighted by Crippen LogP contribution is 2.32. The van der Waals surface area contributed by atoms with Crippen molar-refractivity contribution in [3.63, 3.8) is 0 Å². The molecule has 0 aliphatic heterocycles. The van der Waals surface area contributed by atoms with E-state index in [9.17, 15) is 0 Å². The number of rotatable bonds is 3. The SMILES string of the molecule is CC(N)c1ccc(Oc2ccc(Br)cc2Br)cc1. The van der Waals surface area contributed by atoms with Crippen molar-refractivity contribution in [2.45, 2.75) is 13.0 Å². The molecule has 2 nitrogen and oxygen atoms in total. The van der Waals surface area contributed by atoms with Gasteiger partial charge in [0.25, 0.3) is 0 Å². The average molecular weight is 371 g/mol. The fourth-order valence-corrected chi connectivity index (χ4v) is 2.65. The molecule has 0 aliphatic carbocycles. The smallest absolute Gasteiger partial charge is 0.141 e. The average Bonchev–Trinajstić information content (AvgIpc) is 2.33. The normalized spacial score (nSPS) is 12.2. The number of hydrogen-bond acceptors (Lipinski definition) is 2. The van der Waals surface area contributed by atoms with E-state index in [2.05, 4.69) is 31.9 Å². The molecule has 1 atom stereocenters. The molecule has 94 valence electrons. The summed E-state index contributed by atoms with van der Waals surface area (Å²) in [4.78, 5) is 0. The van der Waals surface area contributed by atoms with Crippen molar-refractivity contribution in [2.24, 2.45) is 5.73 Å². The number of hydrogen-bond donors (Lipinski definition) is 1. The maximum Gasteiger partial charge on any atom is 0.141 e. The molecular formula is C14H13Br2NO. The van der Waals surface area contributed by atoms with Crippen LogP contribution in [-0.2, 0) is 0 Å². The van der Waals surface area contributed by atoms with Crippen LogP contribution in [0.5, 0.6) is 11.5 Å². The van der Waals surface area contributed by atoms with Crippen molar-refractivity contribution in [2.75, 3.05) is 0 Å². The molecule has 0 fully saturated rings. The van der Waals surface area contributed by atoms with E-state index in [-0.39, 0.29) is 6.04 Å². The van der Waals surface area contributed by atoms with E-state index in [4.69, 9.17) is 10.5 Å². The van der Waals surface area contributed by atoms with E-state index in [1.807, 2.05) is 49.4 Å². The van der Waals surface area contributed by atoms with Crippen LogP contribution < -0.4 is 10.5 Å². The van der Waals surface area contributed by atoms with Crippen molar-refractivity contribution in [1.29, 1.82) is 0 Å². The topological polar surface area (TPSA) is 35.2 Å². The summed E-state index contributed by atoms with van der Waals surface area (Å²) in [6, 6.07) is 13.6. The molecule has 0 aliphatic rings. The molecule has 4 heteroatoms. The van der Waals surface area contributed by atoms with Gasteiger partial charge in [0.1, 0.15) is 11.5 Å². The first-order chi connectivity index (χ1) is 8.56. The van der Waals surface area contributed by atoms with Crippen molar-refractivity contribution >= 4 is 31.9 Å². The third-order valence-corrected chi connectivity index (χ3v) is 3.64. The Kier molecular flexibility index (Phi) is 4.43. The summed E-state index contributed by atoms with van der Waals surface area (Å²) in [5, 5.41) is 0. The summed E-state index contributed by atoms with van der Waals surface area (Å²) in [5.74, 6) is 1.58. The van der Waals surface area contributed by atoms with Crippen LogP contribution in [0.1, 0.15) is 18.5 Å². The van der Waals surface area contributed by atoms with Gasteiger partial charge in [-0.3, -0.25) is 0 Å². The number of nitrogens with two attached hydrogens (primary N) is 1. The summed E-state index contributed by atoms with van der Waals surface area (Å²) in [5.41, 5.74) is 6.90. The molecule has 0 saturated carbocycles. The van der Waals surface area contributed by atoms with E-state index < -0.39 is 0 Å².